The van der Waals surface area contributed by atoms with Gasteiger partial charge < -0.3 is 16.0 Å². The third kappa shape index (κ3) is 6.26. The molecule has 0 saturated heterocycles. The summed E-state index contributed by atoms with van der Waals surface area (Å²) in [6.07, 6.45) is 0. The number of hydrogen-bond acceptors (Lipinski definition) is 3. The summed E-state index contributed by atoms with van der Waals surface area (Å²) in [6.45, 7) is 6.15. The summed E-state index contributed by atoms with van der Waals surface area (Å²) in [5.41, 5.74) is 1.22. The maximum absolute atomic E-state index is 12.1. The highest BCUT2D eigenvalue weighted by Crippen LogP contribution is 2.17. The molecular weight excluding hydrogens is 342 g/mol. The first kappa shape index (κ1) is 20.2. The quantitative estimate of drug-likeness (QED) is 0.686. The van der Waals surface area contributed by atoms with Crippen LogP contribution in [0.5, 0.6) is 0 Å². The Labute approximate surface area is 159 Å². The standard InChI is InChI=1S/C21H25N3O3/c1-21(2,3)20(27)24-17-11-9-16(10-12-17)19(26)23-14-13-22-18(25)15-7-5-4-6-8-15/h4-12H,13-14H2,1-3H3,(H,22,25)(H,23,26)(H,24,27). The Balaban J connectivity index is 1.77. The summed E-state index contributed by atoms with van der Waals surface area (Å²) < 4.78 is 0. The fourth-order valence-corrected chi connectivity index (χ4v) is 2.17. The van der Waals surface area contributed by atoms with Crippen molar-refractivity contribution in [3.8, 4) is 0 Å². The van der Waals surface area contributed by atoms with Crippen molar-refractivity contribution < 1.29 is 14.4 Å². The zero-order chi connectivity index (χ0) is 19.9. The van der Waals surface area contributed by atoms with Gasteiger partial charge in [0.1, 0.15) is 0 Å². The van der Waals surface area contributed by atoms with Gasteiger partial charge in [0.05, 0.1) is 0 Å². The highest BCUT2D eigenvalue weighted by molar-refractivity contribution is 5.97. The topological polar surface area (TPSA) is 87.3 Å². The number of amides is 3. The molecule has 2 rings (SSSR count). The molecule has 0 aromatic heterocycles. The highest BCUT2D eigenvalue weighted by atomic mass is 16.2. The van der Waals surface area contributed by atoms with Crippen molar-refractivity contribution in [2.75, 3.05) is 18.4 Å². The molecule has 0 fully saturated rings. The van der Waals surface area contributed by atoms with Gasteiger partial charge in [-0.2, -0.15) is 0 Å². The molecule has 0 heterocycles. The Kier molecular flexibility index (Phi) is 6.71. The van der Waals surface area contributed by atoms with E-state index in [1.165, 1.54) is 0 Å². The molecular formula is C21H25N3O3. The summed E-state index contributed by atoms with van der Waals surface area (Å²) in [5, 5.41) is 8.31. The summed E-state index contributed by atoms with van der Waals surface area (Å²) in [4.78, 5) is 36.0. The van der Waals surface area contributed by atoms with E-state index in [-0.39, 0.29) is 17.7 Å². The molecule has 27 heavy (non-hydrogen) atoms. The molecule has 0 aliphatic carbocycles. The van der Waals surface area contributed by atoms with Gasteiger partial charge in [-0.15, -0.1) is 0 Å². The van der Waals surface area contributed by atoms with Crippen molar-refractivity contribution in [1.82, 2.24) is 10.6 Å². The van der Waals surface area contributed by atoms with Crippen LogP contribution < -0.4 is 16.0 Å². The second-order valence-corrected chi connectivity index (χ2v) is 7.16. The number of carbonyl (C=O) groups is 3. The summed E-state index contributed by atoms with van der Waals surface area (Å²) in [6, 6.07) is 15.6. The van der Waals surface area contributed by atoms with Crippen LogP contribution in [0.4, 0.5) is 5.69 Å². The minimum absolute atomic E-state index is 0.0890. The van der Waals surface area contributed by atoms with Gasteiger partial charge >= 0.3 is 0 Å². The highest BCUT2D eigenvalue weighted by Gasteiger charge is 2.21. The first-order valence-corrected chi connectivity index (χ1v) is 8.80. The lowest BCUT2D eigenvalue weighted by molar-refractivity contribution is -0.123. The Hall–Kier alpha value is -3.15. The molecule has 142 valence electrons. The normalized spacial score (nSPS) is 10.8. The van der Waals surface area contributed by atoms with Crippen LogP contribution in [0.25, 0.3) is 0 Å². The Morgan fingerprint density at radius 1 is 0.741 bits per heavy atom. The molecule has 2 aromatic rings. The van der Waals surface area contributed by atoms with Crippen LogP contribution in [-0.2, 0) is 4.79 Å². The number of carbonyl (C=O) groups excluding carboxylic acids is 3. The zero-order valence-corrected chi connectivity index (χ0v) is 15.8. The molecule has 0 spiro atoms. The minimum Gasteiger partial charge on any atom is -0.350 e. The van der Waals surface area contributed by atoms with Crippen molar-refractivity contribution in [2.24, 2.45) is 5.41 Å². The second kappa shape index (κ2) is 8.98. The van der Waals surface area contributed by atoms with Crippen molar-refractivity contribution in [3.05, 3.63) is 65.7 Å². The van der Waals surface area contributed by atoms with E-state index >= 15 is 0 Å². The Bertz CT molecular complexity index is 794. The van der Waals surface area contributed by atoms with Crippen molar-refractivity contribution in [3.63, 3.8) is 0 Å². The van der Waals surface area contributed by atoms with Crippen LogP contribution in [0.2, 0.25) is 0 Å². The molecule has 6 nitrogen and oxygen atoms in total. The first-order chi connectivity index (χ1) is 12.8. The molecule has 0 aliphatic heterocycles. The fraction of sp³-hybridized carbons (Fsp3) is 0.286. The number of rotatable bonds is 6. The van der Waals surface area contributed by atoms with Crippen LogP contribution in [0, 0.1) is 5.41 Å². The van der Waals surface area contributed by atoms with Crippen LogP contribution in [0.3, 0.4) is 0 Å². The number of hydrogen-bond donors (Lipinski definition) is 3. The minimum atomic E-state index is -0.486. The van der Waals surface area contributed by atoms with E-state index in [0.717, 1.165) is 0 Å². The first-order valence-electron chi connectivity index (χ1n) is 8.80. The molecule has 0 saturated carbocycles. The lowest BCUT2D eigenvalue weighted by Gasteiger charge is -2.17. The third-order valence-corrected chi connectivity index (χ3v) is 3.82. The second-order valence-electron chi connectivity index (χ2n) is 7.16. The van der Waals surface area contributed by atoms with Gasteiger partial charge in [-0.1, -0.05) is 39.0 Å². The van der Waals surface area contributed by atoms with Gasteiger partial charge in [-0.3, -0.25) is 14.4 Å². The van der Waals surface area contributed by atoms with Crippen LogP contribution in [-0.4, -0.2) is 30.8 Å². The van der Waals surface area contributed by atoms with Gasteiger partial charge in [-0.05, 0) is 36.4 Å². The van der Waals surface area contributed by atoms with E-state index < -0.39 is 5.41 Å². The Morgan fingerprint density at radius 2 is 1.22 bits per heavy atom. The van der Waals surface area contributed by atoms with Gasteiger partial charge in [0.15, 0.2) is 0 Å². The number of anilines is 1. The average Bonchev–Trinajstić information content (AvgIpc) is 2.65. The van der Waals surface area contributed by atoms with E-state index in [9.17, 15) is 14.4 Å². The van der Waals surface area contributed by atoms with Gasteiger partial charge in [0.2, 0.25) is 5.91 Å². The smallest absolute Gasteiger partial charge is 0.251 e. The fourth-order valence-electron chi connectivity index (χ4n) is 2.17. The molecule has 0 unspecified atom stereocenters. The third-order valence-electron chi connectivity index (χ3n) is 3.82. The molecule has 0 bridgehead atoms. The van der Waals surface area contributed by atoms with E-state index in [4.69, 9.17) is 0 Å². The molecule has 3 amide bonds. The molecule has 6 heteroatoms. The van der Waals surface area contributed by atoms with Crippen molar-refractivity contribution in [2.45, 2.75) is 20.8 Å². The van der Waals surface area contributed by atoms with Crippen molar-refractivity contribution >= 4 is 23.4 Å². The van der Waals surface area contributed by atoms with Crippen molar-refractivity contribution in [1.29, 1.82) is 0 Å². The largest absolute Gasteiger partial charge is 0.350 e. The molecule has 0 radical (unpaired) electrons. The molecule has 0 aliphatic rings. The monoisotopic (exact) mass is 367 g/mol. The Morgan fingerprint density at radius 3 is 1.70 bits per heavy atom. The molecule has 2 aromatic carbocycles. The van der Waals surface area contributed by atoms with Crippen LogP contribution in [0.1, 0.15) is 41.5 Å². The number of nitrogens with one attached hydrogen (secondary N) is 3. The van der Waals surface area contributed by atoms with E-state index in [1.54, 1.807) is 48.5 Å². The van der Waals surface area contributed by atoms with E-state index in [0.29, 0.717) is 29.9 Å². The maximum atomic E-state index is 12.1. The lowest BCUT2D eigenvalue weighted by atomic mass is 9.95. The zero-order valence-electron chi connectivity index (χ0n) is 15.8. The van der Waals surface area contributed by atoms with Crippen LogP contribution >= 0.6 is 0 Å². The average molecular weight is 367 g/mol. The lowest BCUT2D eigenvalue weighted by Crippen LogP contribution is -2.34. The molecule has 3 N–H and O–H groups in total. The predicted molar refractivity (Wildman–Crippen MR) is 106 cm³/mol. The van der Waals surface area contributed by atoms with Crippen LogP contribution in [0.15, 0.2) is 54.6 Å². The molecule has 0 atom stereocenters. The van der Waals surface area contributed by atoms with Gasteiger partial charge in [0, 0.05) is 35.3 Å². The van der Waals surface area contributed by atoms with Gasteiger partial charge in [-0.25, -0.2) is 0 Å². The summed E-state index contributed by atoms with van der Waals surface area (Å²) in [7, 11) is 0. The predicted octanol–water partition coefficient (Wildman–Crippen LogP) is 2.83. The van der Waals surface area contributed by atoms with E-state index in [2.05, 4.69) is 16.0 Å². The summed E-state index contributed by atoms with van der Waals surface area (Å²) in [5.74, 6) is -0.504. The maximum Gasteiger partial charge on any atom is 0.251 e. The SMILES string of the molecule is CC(C)(C)C(=O)Nc1ccc(C(=O)NCCNC(=O)c2ccccc2)cc1. The van der Waals surface area contributed by atoms with E-state index in [1.807, 2.05) is 26.8 Å². The van der Waals surface area contributed by atoms with Gasteiger partial charge in [0.25, 0.3) is 11.8 Å². The summed E-state index contributed by atoms with van der Waals surface area (Å²) >= 11 is 0. The number of benzene rings is 2.